The van der Waals surface area contributed by atoms with Crippen LogP contribution in [0.15, 0.2) is 0 Å². The van der Waals surface area contributed by atoms with Gasteiger partial charge in [-0.2, -0.15) is 0 Å². The van der Waals surface area contributed by atoms with Crippen LogP contribution in [0, 0.1) is 5.92 Å². The summed E-state index contributed by atoms with van der Waals surface area (Å²) in [4.78, 5) is 37.0. The summed E-state index contributed by atoms with van der Waals surface area (Å²) in [5.74, 6) is -0.607. The number of hydrogen-bond acceptors (Lipinski definition) is 5. The second kappa shape index (κ2) is 9.17. The molecule has 0 rings (SSSR count). The van der Waals surface area contributed by atoms with E-state index in [1.807, 2.05) is 13.8 Å². The van der Waals surface area contributed by atoms with E-state index in [-0.39, 0.29) is 31.5 Å². The zero-order valence-electron chi connectivity index (χ0n) is 12.8. The fourth-order valence-corrected chi connectivity index (χ4v) is 1.22. The Morgan fingerprint density at radius 3 is 2.10 bits per heavy atom. The lowest BCUT2D eigenvalue weighted by Crippen LogP contribution is -2.41. The molecule has 116 valence electrons. The van der Waals surface area contributed by atoms with Gasteiger partial charge in [-0.25, -0.2) is 4.79 Å². The highest BCUT2D eigenvalue weighted by Crippen LogP contribution is 1.98. The van der Waals surface area contributed by atoms with Gasteiger partial charge in [0.15, 0.2) is 0 Å². The third kappa shape index (κ3) is 7.60. The van der Waals surface area contributed by atoms with E-state index in [1.54, 1.807) is 6.92 Å². The van der Waals surface area contributed by atoms with Gasteiger partial charge in [0.2, 0.25) is 5.91 Å². The van der Waals surface area contributed by atoms with E-state index in [2.05, 4.69) is 0 Å². The van der Waals surface area contributed by atoms with Gasteiger partial charge in [-0.1, -0.05) is 13.8 Å². The largest absolute Gasteiger partial charge is 0.465 e. The summed E-state index contributed by atoms with van der Waals surface area (Å²) in [5, 5.41) is 0. The molecule has 0 spiro atoms. The fourth-order valence-electron chi connectivity index (χ4n) is 1.22. The average Bonchev–Trinajstić information content (AvgIpc) is 2.35. The van der Waals surface area contributed by atoms with Crippen LogP contribution in [-0.2, 0) is 19.1 Å². The molecule has 0 aromatic rings. The van der Waals surface area contributed by atoms with Gasteiger partial charge in [-0.05, 0) is 12.8 Å². The molecule has 0 aliphatic carbocycles. The van der Waals surface area contributed by atoms with E-state index < -0.39 is 12.1 Å². The first-order chi connectivity index (χ1) is 9.27. The van der Waals surface area contributed by atoms with Gasteiger partial charge in [0, 0.05) is 14.1 Å². The Kier molecular flexibility index (Phi) is 8.35. The Hall–Kier alpha value is -1.79. The van der Waals surface area contributed by atoms with Gasteiger partial charge >= 0.3 is 12.1 Å². The molecular weight excluding hydrogens is 264 g/mol. The molecule has 7 nitrogen and oxygen atoms in total. The minimum Gasteiger partial charge on any atom is -0.465 e. The molecule has 0 unspecified atom stereocenters. The van der Waals surface area contributed by atoms with E-state index >= 15 is 0 Å². The Morgan fingerprint density at radius 1 is 1.00 bits per heavy atom. The molecule has 0 heterocycles. The lowest BCUT2D eigenvalue weighted by atomic mass is 10.2. The normalized spacial score (nSPS) is 10.1. The third-order valence-corrected chi connectivity index (χ3v) is 2.32. The summed E-state index contributed by atoms with van der Waals surface area (Å²) in [5.41, 5.74) is 0. The van der Waals surface area contributed by atoms with Crippen molar-refractivity contribution in [2.75, 3.05) is 40.4 Å². The van der Waals surface area contributed by atoms with E-state index in [0.717, 1.165) is 0 Å². The molecule has 2 amide bonds. The van der Waals surface area contributed by atoms with Gasteiger partial charge in [-0.3, -0.25) is 9.59 Å². The van der Waals surface area contributed by atoms with Crippen LogP contribution in [0.3, 0.4) is 0 Å². The van der Waals surface area contributed by atoms with Crippen molar-refractivity contribution in [3.8, 4) is 0 Å². The number of carbonyl (C=O) groups is 3. The molecular formula is C13H24N2O5. The lowest BCUT2D eigenvalue weighted by molar-refractivity contribution is -0.148. The molecule has 0 saturated heterocycles. The fraction of sp³-hybridized carbons (Fsp3) is 0.769. The lowest BCUT2D eigenvalue weighted by Gasteiger charge is -2.21. The monoisotopic (exact) mass is 288 g/mol. The van der Waals surface area contributed by atoms with Crippen LogP contribution in [0.5, 0.6) is 0 Å². The van der Waals surface area contributed by atoms with Crippen molar-refractivity contribution in [1.82, 2.24) is 9.80 Å². The summed E-state index contributed by atoms with van der Waals surface area (Å²) in [7, 11) is 2.95. The van der Waals surface area contributed by atoms with E-state index in [0.29, 0.717) is 6.61 Å². The quantitative estimate of drug-likeness (QED) is 0.646. The van der Waals surface area contributed by atoms with E-state index in [9.17, 15) is 14.4 Å². The highest BCUT2D eigenvalue weighted by molar-refractivity contribution is 5.85. The van der Waals surface area contributed by atoms with Gasteiger partial charge < -0.3 is 19.3 Å². The van der Waals surface area contributed by atoms with Gasteiger partial charge in [0.05, 0.1) is 13.2 Å². The summed E-state index contributed by atoms with van der Waals surface area (Å²) in [6, 6.07) is 0. The maximum atomic E-state index is 11.8. The average molecular weight is 288 g/mol. The molecule has 7 heteroatoms. The van der Waals surface area contributed by atoms with Crippen LogP contribution < -0.4 is 0 Å². The summed E-state index contributed by atoms with van der Waals surface area (Å²) < 4.78 is 9.73. The zero-order valence-corrected chi connectivity index (χ0v) is 12.8. The van der Waals surface area contributed by atoms with Crippen LogP contribution in [-0.4, -0.2) is 68.2 Å². The highest BCUT2D eigenvalue weighted by Gasteiger charge is 2.19. The van der Waals surface area contributed by atoms with Crippen molar-refractivity contribution in [3.63, 3.8) is 0 Å². The van der Waals surface area contributed by atoms with Crippen molar-refractivity contribution in [2.24, 2.45) is 5.92 Å². The van der Waals surface area contributed by atoms with Gasteiger partial charge in [0.1, 0.15) is 13.1 Å². The molecule has 0 radical (unpaired) electrons. The van der Waals surface area contributed by atoms with Crippen molar-refractivity contribution in [3.05, 3.63) is 0 Å². The first-order valence-electron chi connectivity index (χ1n) is 6.55. The predicted octanol–water partition coefficient (Wildman–Crippen LogP) is 0.732. The van der Waals surface area contributed by atoms with Crippen LogP contribution in [0.25, 0.3) is 0 Å². The van der Waals surface area contributed by atoms with Crippen molar-refractivity contribution in [2.45, 2.75) is 20.8 Å². The van der Waals surface area contributed by atoms with Crippen LogP contribution in [0.4, 0.5) is 4.79 Å². The molecule has 0 bridgehead atoms. The topological polar surface area (TPSA) is 76.2 Å². The van der Waals surface area contributed by atoms with E-state index in [4.69, 9.17) is 9.47 Å². The standard InChI is InChI=1S/C13H24N2O5/c1-6-19-12(17)8-14(4)11(16)7-15(5)13(18)20-9-10(2)3/h10H,6-9H2,1-5H3. The Balaban J connectivity index is 4.17. The molecule has 0 atom stereocenters. The second-order valence-corrected chi connectivity index (χ2v) is 4.88. The molecule has 0 saturated carbocycles. The molecule has 20 heavy (non-hydrogen) atoms. The maximum Gasteiger partial charge on any atom is 0.409 e. The van der Waals surface area contributed by atoms with Gasteiger partial charge in [-0.15, -0.1) is 0 Å². The molecule has 0 N–H and O–H groups in total. The minimum atomic E-state index is -0.559. The van der Waals surface area contributed by atoms with E-state index in [1.165, 1.54) is 23.9 Å². The third-order valence-electron chi connectivity index (χ3n) is 2.32. The molecule has 0 aromatic heterocycles. The Bertz CT molecular complexity index is 344. The number of likely N-dealkylation sites (N-methyl/N-ethyl adjacent to an activating group) is 2. The van der Waals surface area contributed by atoms with Crippen molar-refractivity contribution >= 4 is 18.0 Å². The number of esters is 1. The summed E-state index contributed by atoms with van der Waals surface area (Å²) in [6.45, 7) is 5.82. The molecule has 0 fully saturated rings. The zero-order chi connectivity index (χ0) is 15.7. The summed E-state index contributed by atoms with van der Waals surface area (Å²) >= 11 is 0. The van der Waals surface area contributed by atoms with Crippen LogP contribution in [0.1, 0.15) is 20.8 Å². The maximum absolute atomic E-state index is 11.8. The van der Waals surface area contributed by atoms with Crippen LogP contribution >= 0.6 is 0 Å². The second-order valence-electron chi connectivity index (χ2n) is 4.88. The number of ether oxygens (including phenoxy) is 2. The van der Waals surface area contributed by atoms with Crippen LogP contribution in [0.2, 0.25) is 0 Å². The molecule has 0 aromatic carbocycles. The van der Waals surface area contributed by atoms with Gasteiger partial charge in [0.25, 0.3) is 0 Å². The van der Waals surface area contributed by atoms with Crippen molar-refractivity contribution in [1.29, 1.82) is 0 Å². The highest BCUT2D eigenvalue weighted by atomic mass is 16.6. The smallest absolute Gasteiger partial charge is 0.409 e. The SMILES string of the molecule is CCOC(=O)CN(C)C(=O)CN(C)C(=O)OCC(C)C. The van der Waals surface area contributed by atoms with Crippen molar-refractivity contribution < 1.29 is 23.9 Å². The number of hydrogen-bond donors (Lipinski definition) is 0. The number of amides is 2. The first kappa shape index (κ1) is 18.2. The molecule has 0 aliphatic rings. The minimum absolute atomic E-state index is 0.137. The summed E-state index contributed by atoms with van der Waals surface area (Å²) in [6.07, 6.45) is -0.559. The Morgan fingerprint density at radius 2 is 1.60 bits per heavy atom. The first-order valence-corrected chi connectivity index (χ1v) is 6.55. The number of nitrogens with zero attached hydrogens (tertiary/aromatic N) is 2. The predicted molar refractivity (Wildman–Crippen MR) is 73.1 cm³/mol. The Labute approximate surface area is 119 Å². The number of rotatable bonds is 7. The number of carbonyl (C=O) groups excluding carboxylic acids is 3. The molecule has 0 aliphatic heterocycles.